The molecular formula is C12H13NO2S. The van der Waals surface area contributed by atoms with Crippen LogP contribution in [-0.2, 0) is 4.79 Å². The molecule has 1 aromatic rings. The Morgan fingerprint density at radius 2 is 2.31 bits per heavy atom. The number of rotatable bonds is 2. The molecule has 3 nitrogen and oxygen atoms in total. The molecule has 0 spiro atoms. The fraction of sp³-hybridized carbons (Fsp3) is 0.250. The summed E-state index contributed by atoms with van der Waals surface area (Å²) in [6.07, 6.45) is 0.643. The Hall–Kier alpha value is -1.60. The molecule has 0 aliphatic carbocycles. The summed E-state index contributed by atoms with van der Waals surface area (Å²) in [6, 6.07) is 4.69. The van der Waals surface area contributed by atoms with Gasteiger partial charge in [0.2, 0.25) is 0 Å². The van der Waals surface area contributed by atoms with Crippen LogP contribution in [0.1, 0.15) is 18.9 Å². The van der Waals surface area contributed by atoms with E-state index in [1.165, 1.54) is 24.8 Å². The summed E-state index contributed by atoms with van der Waals surface area (Å²) in [4.78, 5) is 10.6. The second-order valence-corrected chi connectivity index (χ2v) is 4.44. The lowest BCUT2D eigenvalue weighted by Crippen LogP contribution is -1.89. The predicted molar refractivity (Wildman–Crippen MR) is 67.2 cm³/mol. The van der Waals surface area contributed by atoms with E-state index < -0.39 is 0 Å². The highest BCUT2D eigenvalue weighted by Gasteiger charge is 1.96. The number of aromatic hydroxyl groups is 1. The van der Waals surface area contributed by atoms with Crippen LogP contribution in [0.3, 0.4) is 0 Å². The van der Waals surface area contributed by atoms with Gasteiger partial charge < -0.3 is 10.8 Å². The molecule has 0 amide bonds. The third-order valence-corrected chi connectivity index (χ3v) is 2.61. The summed E-state index contributed by atoms with van der Waals surface area (Å²) in [5, 5.41) is 9.24. The van der Waals surface area contributed by atoms with Crippen molar-refractivity contribution in [2.24, 2.45) is 0 Å². The number of carbonyl (C=O) groups excluding carboxylic acids is 1. The Balaban J connectivity index is 2.53. The molecule has 0 radical (unpaired) electrons. The van der Waals surface area contributed by atoms with Crippen molar-refractivity contribution < 1.29 is 9.90 Å². The molecule has 0 saturated heterocycles. The number of hydrogen-bond donors (Lipinski definition) is 2. The molecule has 1 rings (SSSR count). The van der Waals surface area contributed by atoms with E-state index in [0.29, 0.717) is 23.4 Å². The Bertz CT molecular complexity index is 446. The van der Waals surface area contributed by atoms with E-state index in [2.05, 4.69) is 11.8 Å². The van der Waals surface area contributed by atoms with Crippen molar-refractivity contribution in [3.05, 3.63) is 23.8 Å². The van der Waals surface area contributed by atoms with Crippen molar-refractivity contribution in [1.82, 2.24) is 0 Å². The summed E-state index contributed by atoms with van der Waals surface area (Å²) in [5.41, 5.74) is 6.83. The van der Waals surface area contributed by atoms with Gasteiger partial charge in [-0.25, -0.2) is 0 Å². The normalized spacial score (nSPS) is 9.31. The van der Waals surface area contributed by atoms with E-state index in [1.807, 2.05) is 0 Å². The fourth-order valence-electron chi connectivity index (χ4n) is 1.07. The van der Waals surface area contributed by atoms with E-state index in [4.69, 9.17) is 10.8 Å². The highest BCUT2D eigenvalue weighted by Crippen LogP contribution is 2.17. The molecule has 16 heavy (non-hydrogen) atoms. The van der Waals surface area contributed by atoms with Crippen molar-refractivity contribution in [3.63, 3.8) is 0 Å². The minimum atomic E-state index is 0.103. The van der Waals surface area contributed by atoms with Crippen molar-refractivity contribution in [1.29, 1.82) is 0 Å². The second-order valence-electron chi connectivity index (χ2n) is 3.16. The maximum atomic E-state index is 10.6. The van der Waals surface area contributed by atoms with E-state index >= 15 is 0 Å². The standard InChI is InChI=1S/C12H13NO2S/c1-9(14)16-7-3-2-4-10-5-6-11(15)8-12(10)13/h5-6,8,15H,3,7,13H2,1H3. The number of nitrogen functional groups attached to an aromatic ring is 1. The van der Waals surface area contributed by atoms with E-state index in [9.17, 15) is 4.79 Å². The number of benzene rings is 1. The predicted octanol–water partition coefficient (Wildman–Crippen LogP) is 2.00. The first kappa shape index (κ1) is 12.5. The van der Waals surface area contributed by atoms with Gasteiger partial charge in [0.25, 0.3) is 0 Å². The van der Waals surface area contributed by atoms with Crippen molar-refractivity contribution >= 4 is 22.6 Å². The molecule has 0 bridgehead atoms. The topological polar surface area (TPSA) is 63.3 Å². The molecule has 0 aromatic heterocycles. The number of thioether (sulfide) groups is 1. The quantitative estimate of drug-likeness (QED) is 0.467. The molecular weight excluding hydrogens is 222 g/mol. The molecule has 4 heteroatoms. The van der Waals surface area contributed by atoms with Crippen LogP contribution in [0.2, 0.25) is 0 Å². The zero-order chi connectivity index (χ0) is 12.0. The van der Waals surface area contributed by atoms with E-state index in [0.717, 1.165) is 0 Å². The monoisotopic (exact) mass is 235 g/mol. The van der Waals surface area contributed by atoms with Gasteiger partial charge in [0.05, 0.1) is 5.69 Å². The van der Waals surface area contributed by atoms with Crippen LogP contribution in [0.15, 0.2) is 18.2 Å². The summed E-state index contributed by atoms with van der Waals surface area (Å²) in [5.74, 6) is 6.66. The van der Waals surface area contributed by atoms with Gasteiger partial charge >= 0.3 is 0 Å². The number of carbonyl (C=O) groups is 1. The highest BCUT2D eigenvalue weighted by molar-refractivity contribution is 8.13. The largest absolute Gasteiger partial charge is 0.508 e. The van der Waals surface area contributed by atoms with Crippen LogP contribution in [0, 0.1) is 11.8 Å². The molecule has 0 saturated carbocycles. The minimum Gasteiger partial charge on any atom is -0.508 e. The van der Waals surface area contributed by atoms with Gasteiger partial charge in [-0.15, -0.1) is 0 Å². The van der Waals surface area contributed by atoms with Gasteiger partial charge in [-0.1, -0.05) is 23.6 Å². The average molecular weight is 235 g/mol. The van der Waals surface area contributed by atoms with Crippen LogP contribution >= 0.6 is 11.8 Å². The smallest absolute Gasteiger partial charge is 0.185 e. The summed E-state index contributed by atoms with van der Waals surface area (Å²) < 4.78 is 0. The van der Waals surface area contributed by atoms with Gasteiger partial charge in [0, 0.05) is 30.7 Å². The lowest BCUT2D eigenvalue weighted by Gasteiger charge is -1.98. The number of anilines is 1. The van der Waals surface area contributed by atoms with Crippen LogP contribution < -0.4 is 5.73 Å². The Labute approximate surface area is 99.0 Å². The summed E-state index contributed by atoms with van der Waals surface area (Å²) >= 11 is 1.26. The van der Waals surface area contributed by atoms with Crippen LogP contribution in [-0.4, -0.2) is 16.0 Å². The fourth-order valence-corrected chi connectivity index (χ4v) is 1.56. The zero-order valence-electron chi connectivity index (χ0n) is 8.99. The van der Waals surface area contributed by atoms with Gasteiger partial charge in [-0.2, -0.15) is 0 Å². The van der Waals surface area contributed by atoms with Crippen LogP contribution in [0.5, 0.6) is 5.75 Å². The lowest BCUT2D eigenvalue weighted by atomic mass is 10.2. The first-order valence-electron chi connectivity index (χ1n) is 4.80. The summed E-state index contributed by atoms with van der Waals surface area (Å²) in [6.45, 7) is 1.54. The molecule has 3 N–H and O–H groups in total. The average Bonchev–Trinajstić information content (AvgIpc) is 2.20. The van der Waals surface area contributed by atoms with Crippen molar-refractivity contribution in [2.75, 3.05) is 11.5 Å². The molecule has 0 heterocycles. The first-order valence-corrected chi connectivity index (χ1v) is 5.79. The van der Waals surface area contributed by atoms with Crippen LogP contribution in [0.4, 0.5) is 5.69 Å². The third kappa shape index (κ3) is 4.28. The number of hydrogen-bond acceptors (Lipinski definition) is 4. The second kappa shape index (κ2) is 6.09. The SMILES string of the molecule is CC(=O)SCCC#Cc1ccc(O)cc1N. The van der Waals surface area contributed by atoms with Gasteiger partial charge in [0.15, 0.2) is 5.12 Å². The van der Waals surface area contributed by atoms with E-state index in [-0.39, 0.29) is 10.9 Å². The Morgan fingerprint density at radius 3 is 2.94 bits per heavy atom. The minimum absolute atomic E-state index is 0.103. The Kier molecular flexibility index (Phi) is 4.74. The molecule has 0 unspecified atom stereocenters. The zero-order valence-corrected chi connectivity index (χ0v) is 9.80. The van der Waals surface area contributed by atoms with Crippen molar-refractivity contribution in [3.8, 4) is 17.6 Å². The maximum absolute atomic E-state index is 10.6. The molecule has 1 aromatic carbocycles. The maximum Gasteiger partial charge on any atom is 0.185 e. The molecule has 0 aliphatic rings. The number of phenolic OH excluding ortho intramolecular Hbond substituents is 1. The van der Waals surface area contributed by atoms with Crippen molar-refractivity contribution in [2.45, 2.75) is 13.3 Å². The van der Waals surface area contributed by atoms with Gasteiger partial charge in [-0.3, -0.25) is 4.79 Å². The van der Waals surface area contributed by atoms with Crippen LogP contribution in [0.25, 0.3) is 0 Å². The third-order valence-electron chi connectivity index (χ3n) is 1.79. The molecule has 0 aliphatic heterocycles. The highest BCUT2D eigenvalue weighted by atomic mass is 32.2. The number of phenols is 1. The van der Waals surface area contributed by atoms with Gasteiger partial charge in [0.1, 0.15) is 5.75 Å². The lowest BCUT2D eigenvalue weighted by molar-refractivity contribution is -0.109. The molecule has 84 valence electrons. The molecule has 0 atom stereocenters. The first-order chi connectivity index (χ1) is 7.59. The van der Waals surface area contributed by atoms with Gasteiger partial charge in [-0.05, 0) is 12.1 Å². The Morgan fingerprint density at radius 1 is 1.56 bits per heavy atom. The van der Waals surface area contributed by atoms with E-state index in [1.54, 1.807) is 12.1 Å². The number of nitrogens with two attached hydrogens (primary N) is 1. The molecule has 0 fully saturated rings. The summed E-state index contributed by atoms with van der Waals surface area (Å²) in [7, 11) is 0.